The summed E-state index contributed by atoms with van der Waals surface area (Å²) in [5, 5.41) is 0. The smallest absolute Gasteiger partial charge is 0.150 e. The molecule has 0 amide bonds. The molecular formula is C34H24N2O2. The Morgan fingerprint density at radius 3 is 1.63 bits per heavy atom. The molecule has 4 heteroatoms. The van der Waals surface area contributed by atoms with Gasteiger partial charge in [-0.05, 0) is 39.9 Å². The molecule has 4 aromatic carbocycles. The number of carbonyl (C=O) groups is 2. The normalized spacial score (nSPS) is 10.9. The number of aromatic nitrogens is 2. The van der Waals surface area contributed by atoms with Crippen LogP contribution in [0, 0.1) is 0 Å². The van der Waals surface area contributed by atoms with Crippen molar-refractivity contribution in [3.05, 3.63) is 144 Å². The molecule has 0 saturated heterocycles. The van der Waals surface area contributed by atoms with E-state index in [2.05, 4.69) is 65.2 Å². The third-order valence-corrected chi connectivity index (χ3v) is 6.85. The van der Waals surface area contributed by atoms with Crippen molar-refractivity contribution in [2.45, 2.75) is 6.42 Å². The van der Waals surface area contributed by atoms with Crippen molar-refractivity contribution in [3.63, 3.8) is 0 Å². The van der Waals surface area contributed by atoms with Crippen molar-refractivity contribution in [2.24, 2.45) is 0 Å². The number of carbonyl (C=O) groups excluding carboxylic acids is 2. The van der Waals surface area contributed by atoms with Crippen LogP contribution in [0.25, 0.3) is 39.2 Å². The number of hydrogen-bond donors (Lipinski definition) is 0. The molecule has 0 aliphatic carbocycles. The standard InChI is InChI=1S/C34H24N2O2/c37-22-25-6-10-27(11-7-25)28-14-16-30(17-15-28)34-32(20-24-4-2-1-3-5-24)36-21-31(18-19-33(36)35-34)29-12-8-26(23-38)9-13-29/h1-19,21-23H,20H2. The highest BCUT2D eigenvalue weighted by Gasteiger charge is 2.16. The number of pyridine rings is 1. The summed E-state index contributed by atoms with van der Waals surface area (Å²) in [4.78, 5) is 27.1. The first-order chi connectivity index (χ1) is 18.7. The Labute approximate surface area is 220 Å². The van der Waals surface area contributed by atoms with Gasteiger partial charge in [-0.2, -0.15) is 0 Å². The summed E-state index contributed by atoms with van der Waals surface area (Å²) in [6, 6.07) is 38.2. The molecule has 0 saturated carbocycles. The van der Waals surface area contributed by atoms with E-state index in [0.29, 0.717) is 11.1 Å². The third-order valence-electron chi connectivity index (χ3n) is 6.85. The summed E-state index contributed by atoms with van der Waals surface area (Å²) in [5.74, 6) is 0. The Bertz CT molecular complexity index is 1730. The van der Waals surface area contributed by atoms with Crippen LogP contribution in [0.3, 0.4) is 0 Å². The third kappa shape index (κ3) is 4.56. The molecule has 0 bridgehead atoms. The molecule has 0 radical (unpaired) electrons. The minimum Gasteiger partial charge on any atom is -0.302 e. The van der Waals surface area contributed by atoms with Crippen molar-refractivity contribution in [2.75, 3.05) is 0 Å². The van der Waals surface area contributed by atoms with Gasteiger partial charge >= 0.3 is 0 Å². The monoisotopic (exact) mass is 492 g/mol. The molecule has 0 aliphatic heterocycles. The summed E-state index contributed by atoms with van der Waals surface area (Å²) < 4.78 is 2.18. The maximum absolute atomic E-state index is 11.1. The number of benzene rings is 4. The summed E-state index contributed by atoms with van der Waals surface area (Å²) in [6.45, 7) is 0. The van der Waals surface area contributed by atoms with E-state index in [-0.39, 0.29) is 0 Å². The van der Waals surface area contributed by atoms with Crippen LogP contribution in [0.2, 0.25) is 0 Å². The predicted molar refractivity (Wildman–Crippen MR) is 152 cm³/mol. The van der Waals surface area contributed by atoms with E-state index in [1.54, 1.807) is 0 Å². The lowest BCUT2D eigenvalue weighted by atomic mass is 10.00. The van der Waals surface area contributed by atoms with Crippen LogP contribution in [0.1, 0.15) is 32.0 Å². The lowest BCUT2D eigenvalue weighted by Gasteiger charge is -2.09. The first-order valence-electron chi connectivity index (χ1n) is 12.5. The zero-order chi connectivity index (χ0) is 25.9. The molecular weight excluding hydrogens is 468 g/mol. The van der Waals surface area contributed by atoms with Crippen molar-refractivity contribution in [1.82, 2.24) is 9.38 Å². The van der Waals surface area contributed by atoms with Crippen molar-refractivity contribution in [3.8, 4) is 33.5 Å². The summed E-state index contributed by atoms with van der Waals surface area (Å²) in [7, 11) is 0. The quantitative estimate of drug-likeness (QED) is 0.216. The summed E-state index contributed by atoms with van der Waals surface area (Å²) in [5.41, 5.74) is 10.8. The zero-order valence-electron chi connectivity index (χ0n) is 20.6. The number of hydrogen-bond acceptors (Lipinski definition) is 3. The molecule has 4 nitrogen and oxygen atoms in total. The molecule has 38 heavy (non-hydrogen) atoms. The molecule has 6 aromatic rings. The van der Waals surface area contributed by atoms with Gasteiger partial charge in [0.2, 0.25) is 0 Å². The second-order valence-corrected chi connectivity index (χ2v) is 9.27. The van der Waals surface area contributed by atoms with Crippen LogP contribution in [0.5, 0.6) is 0 Å². The number of rotatable bonds is 7. The fourth-order valence-corrected chi connectivity index (χ4v) is 4.78. The van der Waals surface area contributed by atoms with E-state index >= 15 is 0 Å². The van der Waals surface area contributed by atoms with E-state index in [9.17, 15) is 9.59 Å². The van der Waals surface area contributed by atoms with Gasteiger partial charge in [-0.25, -0.2) is 4.98 Å². The second kappa shape index (κ2) is 10.1. The fraction of sp³-hybridized carbons (Fsp3) is 0.0294. The molecule has 0 N–H and O–H groups in total. The molecule has 2 heterocycles. The Kier molecular flexibility index (Phi) is 6.20. The van der Waals surface area contributed by atoms with Crippen LogP contribution in [-0.4, -0.2) is 22.0 Å². The summed E-state index contributed by atoms with van der Waals surface area (Å²) in [6.07, 6.45) is 4.58. The van der Waals surface area contributed by atoms with Gasteiger partial charge in [-0.1, -0.05) is 103 Å². The molecule has 182 valence electrons. The SMILES string of the molecule is O=Cc1ccc(-c2ccc(-c3nc4ccc(-c5ccc(C=O)cc5)cn4c3Cc3ccccc3)cc2)cc1. The lowest BCUT2D eigenvalue weighted by Crippen LogP contribution is -1.97. The highest BCUT2D eigenvalue weighted by Crippen LogP contribution is 2.31. The predicted octanol–water partition coefficient (Wildman–Crippen LogP) is 7.55. The minimum absolute atomic E-state index is 0.660. The number of fused-ring (bicyclic) bond motifs is 1. The maximum atomic E-state index is 11.1. The number of aldehydes is 2. The van der Waals surface area contributed by atoms with Crippen molar-refractivity contribution in [1.29, 1.82) is 0 Å². The topological polar surface area (TPSA) is 51.4 Å². The largest absolute Gasteiger partial charge is 0.302 e. The van der Waals surface area contributed by atoms with Crippen LogP contribution in [-0.2, 0) is 6.42 Å². The van der Waals surface area contributed by atoms with Gasteiger partial charge in [0.05, 0.1) is 11.4 Å². The molecule has 6 rings (SSSR count). The number of imidazole rings is 1. The first-order valence-corrected chi connectivity index (χ1v) is 12.5. The van der Waals surface area contributed by atoms with Crippen molar-refractivity contribution >= 4 is 18.2 Å². The number of nitrogens with zero attached hydrogens (tertiary/aromatic N) is 2. The van der Waals surface area contributed by atoms with Gasteiger partial charge < -0.3 is 4.40 Å². The van der Waals surface area contributed by atoms with Crippen LogP contribution >= 0.6 is 0 Å². The van der Waals surface area contributed by atoms with E-state index < -0.39 is 0 Å². The highest BCUT2D eigenvalue weighted by molar-refractivity contribution is 5.79. The average Bonchev–Trinajstić information content (AvgIpc) is 3.35. The average molecular weight is 493 g/mol. The highest BCUT2D eigenvalue weighted by atomic mass is 16.1. The van der Waals surface area contributed by atoms with E-state index in [0.717, 1.165) is 63.8 Å². The molecule has 0 spiro atoms. The Morgan fingerprint density at radius 2 is 1.05 bits per heavy atom. The first kappa shape index (κ1) is 23.3. The van der Waals surface area contributed by atoms with Crippen LogP contribution in [0.4, 0.5) is 0 Å². The van der Waals surface area contributed by atoms with E-state index in [4.69, 9.17) is 4.98 Å². The zero-order valence-corrected chi connectivity index (χ0v) is 20.6. The van der Waals surface area contributed by atoms with Gasteiger partial charge in [0.15, 0.2) is 0 Å². The molecule has 0 aliphatic rings. The minimum atomic E-state index is 0.660. The van der Waals surface area contributed by atoms with Crippen LogP contribution < -0.4 is 0 Å². The second-order valence-electron chi connectivity index (χ2n) is 9.27. The lowest BCUT2D eigenvalue weighted by molar-refractivity contribution is 0.111. The Morgan fingerprint density at radius 1 is 0.553 bits per heavy atom. The van der Waals surface area contributed by atoms with Crippen molar-refractivity contribution < 1.29 is 9.59 Å². The van der Waals surface area contributed by atoms with Gasteiger partial charge in [0.25, 0.3) is 0 Å². The molecule has 0 fully saturated rings. The molecule has 0 unspecified atom stereocenters. The van der Waals surface area contributed by atoms with Gasteiger partial charge in [-0.15, -0.1) is 0 Å². The van der Waals surface area contributed by atoms with E-state index in [1.807, 2.05) is 60.7 Å². The molecule has 2 aromatic heterocycles. The Balaban J connectivity index is 1.44. The van der Waals surface area contributed by atoms with Gasteiger partial charge in [0.1, 0.15) is 18.2 Å². The maximum Gasteiger partial charge on any atom is 0.150 e. The summed E-state index contributed by atoms with van der Waals surface area (Å²) >= 11 is 0. The van der Waals surface area contributed by atoms with E-state index in [1.165, 1.54) is 5.56 Å². The van der Waals surface area contributed by atoms with Gasteiger partial charge in [0, 0.05) is 29.3 Å². The molecule has 0 atom stereocenters. The fourth-order valence-electron chi connectivity index (χ4n) is 4.78. The Hall–Kier alpha value is -5.09. The van der Waals surface area contributed by atoms with Gasteiger partial charge in [-0.3, -0.25) is 9.59 Å². The van der Waals surface area contributed by atoms with Crippen LogP contribution in [0.15, 0.2) is 121 Å².